The third kappa shape index (κ3) is 1.65. The van der Waals surface area contributed by atoms with E-state index in [1.807, 2.05) is 0 Å². The molecule has 0 bridgehead atoms. The second kappa shape index (κ2) is 3.37. The number of non-ortho nitro benzene ring substituents is 1. The van der Waals surface area contributed by atoms with Crippen LogP contribution in [0.1, 0.15) is 0 Å². The Balaban J connectivity index is 2.32. The molecule has 0 radical (unpaired) electrons. The summed E-state index contributed by atoms with van der Waals surface area (Å²) < 4.78 is 21.8. The van der Waals surface area contributed by atoms with E-state index in [2.05, 4.69) is 0 Å². The van der Waals surface area contributed by atoms with Crippen molar-refractivity contribution in [3.05, 3.63) is 34.4 Å². The van der Waals surface area contributed by atoms with Gasteiger partial charge < -0.3 is 4.55 Å². The number of nitro groups is 1. The number of benzene rings is 1. The predicted molar refractivity (Wildman–Crippen MR) is 53.5 cm³/mol. The third-order valence-corrected chi connectivity index (χ3v) is 3.59. The molecule has 0 spiro atoms. The highest BCUT2D eigenvalue weighted by Gasteiger charge is 2.47. The fraction of sp³-hybridized carbons (Fsp3) is 0.250. The summed E-state index contributed by atoms with van der Waals surface area (Å²) in [6.45, 7) is 1.07. The summed E-state index contributed by atoms with van der Waals surface area (Å²) in [4.78, 5) is 9.88. The van der Waals surface area contributed by atoms with E-state index in [0.717, 1.165) is 0 Å². The van der Waals surface area contributed by atoms with E-state index in [4.69, 9.17) is 0 Å². The summed E-state index contributed by atoms with van der Waals surface area (Å²) in [6.07, 6.45) is 0. The quantitative estimate of drug-likeness (QED) is 0.251. The van der Waals surface area contributed by atoms with Crippen LogP contribution in [0.15, 0.2) is 24.3 Å². The van der Waals surface area contributed by atoms with Crippen LogP contribution in [0.3, 0.4) is 0 Å². The van der Waals surface area contributed by atoms with Gasteiger partial charge in [-0.05, 0) is 0 Å². The Kier molecular flexibility index (Phi) is 2.29. The topological polar surface area (TPSA) is 83.3 Å². The van der Waals surface area contributed by atoms with Crippen molar-refractivity contribution in [1.82, 2.24) is 3.89 Å². The Morgan fingerprint density at radius 2 is 1.80 bits per heavy atom. The summed E-state index contributed by atoms with van der Waals surface area (Å²) in [7, 11) is 0. The minimum atomic E-state index is -2.22. The smallest absolute Gasteiger partial charge is 0.269 e. The van der Waals surface area contributed by atoms with E-state index in [1.165, 1.54) is 24.3 Å². The van der Waals surface area contributed by atoms with Crippen molar-refractivity contribution in [2.75, 3.05) is 13.1 Å². The van der Waals surface area contributed by atoms with Gasteiger partial charge in [0.25, 0.3) is 5.69 Å². The third-order valence-electron chi connectivity index (χ3n) is 2.45. The first-order valence-corrected chi connectivity index (χ1v) is 5.31. The van der Waals surface area contributed by atoms with Crippen molar-refractivity contribution in [3.8, 4) is 0 Å². The standard InChI is InChI=1S/C8H8N2O4S/c11-9(12)7-1-3-8(4-2-7)10(5-6-10)15(13)14/h1-4H,5-6H2. The maximum absolute atomic E-state index is 10.9. The van der Waals surface area contributed by atoms with E-state index in [9.17, 15) is 18.9 Å². The normalized spacial score (nSPS) is 19.5. The van der Waals surface area contributed by atoms with Gasteiger partial charge in [-0.2, -0.15) is 0 Å². The highest BCUT2D eigenvalue weighted by Crippen LogP contribution is 2.34. The first kappa shape index (κ1) is 10.2. The molecule has 1 aliphatic heterocycles. The van der Waals surface area contributed by atoms with Gasteiger partial charge in [-0.15, -0.1) is 0 Å². The lowest BCUT2D eigenvalue weighted by molar-refractivity contribution is -0.384. The van der Waals surface area contributed by atoms with Gasteiger partial charge in [0.05, 0.1) is 4.92 Å². The molecule has 1 atom stereocenters. The van der Waals surface area contributed by atoms with Crippen LogP contribution in [0.5, 0.6) is 0 Å². The Labute approximate surface area is 88.3 Å². The van der Waals surface area contributed by atoms with Crippen molar-refractivity contribution >= 4 is 22.6 Å². The average Bonchev–Trinajstić information content (AvgIpc) is 2.98. The van der Waals surface area contributed by atoms with Crippen molar-refractivity contribution < 1.29 is 13.7 Å². The number of hydrogen-bond donors (Lipinski definition) is 0. The molecule has 1 saturated heterocycles. The van der Waals surface area contributed by atoms with Crippen LogP contribution in [-0.2, 0) is 11.3 Å². The van der Waals surface area contributed by atoms with Crippen LogP contribution >= 0.6 is 0 Å². The summed E-state index contributed by atoms with van der Waals surface area (Å²) in [5, 5.41) is 10.4. The molecule has 0 aliphatic carbocycles. The van der Waals surface area contributed by atoms with E-state index in [-0.39, 0.29) is 9.58 Å². The molecule has 1 fully saturated rings. The van der Waals surface area contributed by atoms with Crippen LogP contribution < -0.4 is 3.89 Å². The van der Waals surface area contributed by atoms with E-state index < -0.39 is 16.2 Å². The number of quaternary nitrogens is 1. The number of hydrogen-bond acceptors (Lipinski definition) is 4. The molecular weight excluding hydrogens is 220 g/mol. The molecule has 0 aromatic heterocycles. The van der Waals surface area contributed by atoms with Crippen molar-refractivity contribution in [1.29, 1.82) is 0 Å². The van der Waals surface area contributed by atoms with Crippen LogP contribution in [0.2, 0.25) is 0 Å². The summed E-state index contributed by atoms with van der Waals surface area (Å²) in [5.74, 6) is 0. The monoisotopic (exact) mass is 228 g/mol. The molecule has 1 unspecified atom stereocenters. The van der Waals surface area contributed by atoms with Crippen molar-refractivity contribution in [2.24, 2.45) is 0 Å². The fourth-order valence-corrected chi connectivity index (χ4v) is 2.10. The van der Waals surface area contributed by atoms with Gasteiger partial charge in [0, 0.05) is 24.3 Å². The predicted octanol–water partition coefficient (Wildman–Crippen LogP) is 0.710. The zero-order valence-corrected chi connectivity index (χ0v) is 8.48. The maximum Gasteiger partial charge on any atom is 0.269 e. The molecule has 1 aliphatic rings. The van der Waals surface area contributed by atoms with E-state index >= 15 is 0 Å². The summed E-state index contributed by atoms with van der Waals surface area (Å²) >= 11 is -2.22. The van der Waals surface area contributed by atoms with Crippen LogP contribution in [0.4, 0.5) is 11.4 Å². The first-order chi connectivity index (χ1) is 7.06. The largest absolute Gasteiger partial charge is 0.724 e. The molecular formula is C8H8N2O4S. The van der Waals surface area contributed by atoms with Crippen molar-refractivity contribution in [2.45, 2.75) is 0 Å². The highest BCUT2D eigenvalue weighted by molar-refractivity contribution is 7.79. The summed E-state index contributed by atoms with van der Waals surface area (Å²) in [6, 6.07) is 5.61. The second-order valence-electron chi connectivity index (χ2n) is 3.33. The van der Waals surface area contributed by atoms with Gasteiger partial charge >= 0.3 is 0 Å². The zero-order valence-electron chi connectivity index (χ0n) is 7.66. The number of rotatable bonds is 3. The lowest BCUT2D eigenvalue weighted by atomic mass is 10.3. The molecule has 1 aromatic rings. The second-order valence-corrected chi connectivity index (χ2v) is 4.46. The zero-order chi connectivity index (χ0) is 11.1. The highest BCUT2D eigenvalue weighted by atomic mass is 32.2. The fourth-order valence-electron chi connectivity index (χ4n) is 1.43. The lowest BCUT2D eigenvalue weighted by Gasteiger charge is -2.18. The SMILES string of the molecule is O=[N+]([O-])c1ccc([N+]2(S(=O)[O-])CC2)cc1. The van der Waals surface area contributed by atoms with Crippen LogP contribution in [0.25, 0.3) is 0 Å². The Bertz CT molecular complexity index is 427. The maximum atomic E-state index is 10.9. The Hall–Kier alpha value is -1.31. The minimum absolute atomic E-state index is 0.0320. The van der Waals surface area contributed by atoms with E-state index in [1.54, 1.807) is 0 Å². The van der Waals surface area contributed by atoms with Crippen LogP contribution in [-0.4, -0.2) is 26.8 Å². The van der Waals surface area contributed by atoms with Crippen LogP contribution in [0, 0.1) is 10.1 Å². The first-order valence-electron chi connectivity index (χ1n) is 4.28. The Morgan fingerprint density at radius 3 is 2.13 bits per heavy atom. The van der Waals surface area contributed by atoms with Gasteiger partial charge in [-0.25, -0.2) is 8.10 Å². The number of nitro benzene ring substituents is 1. The number of nitrogens with zero attached hydrogens (tertiary/aromatic N) is 2. The van der Waals surface area contributed by atoms with Gasteiger partial charge in [0.1, 0.15) is 18.8 Å². The lowest BCUT2D eigenvalue weighted by Crippen LogP contribution is -2.28. The molecule has 15 heavy (non-hydrogen) atoms. The molecule has 7 heteroatoms. The van der Waals surface area contributed by atoms with Crippen molar-refractivity contribution in [3.63, 3.8) is 0 Å². The Morgan fingerprint density at radius 1 is 1.27 bits per heavy atom. The molecule has 1 aromatic carbocycles. The molecule has 0 amide bonds. The molecule has 0 saturated carbocycles. The van der Waals surface area contributed by atoms with E-state index in [0.29, 0.717) is 18.8 Å². The minimum Gasteiger partial charge on any atom is -0.724 e. The molecule has 1 heterocycles. The van der Waals surface area contributed by atoms with Gasteiger partial charge in [-0.3, -0.25) is 10.1 Å². The molecule has 80 valence electrons. The average molecular weight is 228 g/mol. The van der Waals surface area contributed by atoms with Gasteiger partial charge in [0.2, 0.25) is 0 Å². The van der Waals surface area contributed by atoms with Gasteiger partial charge in [0.15, 0.2) is 11.3 Å². The van der Waals surface area contributed by atoms with Gasteiger partial charge in [-0.1, -0.05) is 0 Å². The molecule has 6 nitrogen and oxygen atoms in total. The molecule has 2 rings (SSSR count). The molecule has 0 N–H and O–H groups in total. The summed E-state index contributed by atoms with van der Waals surface area (Å²) in [5.41, 5.74) is 0.546.